The van der Waals surface area contributed by atoms with Gasteiger partial charge in [0.25, 0.3) is 0 Å². The summed E-state index contributed by atoms with van der Waals surface area (Å²) in [6.45, 7) is 5.30. The molecule has 0 saturated heterocycles. The molecule has 0 spiro atoms. The Bertz CT molecular complexity index is 244. The minimum Gasteiger partial charge on any atom is -0.424 e. The maximum Gasteiger partial charge on any atom is 0.233 e. The summed E-state index contributed by atoms with van der Waals surface area (Å²) >= 11 is 0. The standard InChI is InChI=1S/C7H11N3O/c1-3-4-6(8)7-10-9-5(2)11-7/h3,6H,1,4,8H2,2H3. The summed E-state index contributed by atoms with van der Waals surface area (Å²) in [7, 11) is 0. The molecule has 0 radical (unpaired) electrons. The molecule has 0 saturated carbocycles. The topological polar surface area (TPSA) is 64.9 Å². The number of aryl methyl sites for hydroxylation is 1. The molecule has 0 amide bonds. The van der Waals surface area contributed by atoms with Crippen molar-refractivity contribution in [3.63, 3.8) is 0 Å². The van der Waals surface area contributed by atoms with Crippen LogP contribution in [0.1, 0.15) is 24.2 Å². The Kier molecular flexibility index (Phi) is 2.38. The van der Waals surface area contributed by atoms with Crippen molar-refractivity contribution in [3.05, 3.63) is 24.4 Å². The van der Waals surface area contributed by atoms with Gasteiger partial charge in [0.1, 0.15) is 0 Å². The zero-order valence-corrected chi connectivity index (χ0v) is 6.45. The van der Waals surface area contributed by atoms with Crippen LogP contribution in [0.4, 0.5) is 0 Å². The predicted octanol–water partition coefficient (Wildman–Crippen LogP) is 0.954. The first-order valence-electron chi connectivity index (χ1n) is 3.40. The Morgan fingerprint density at radius 1 is 1.73 bits per heavy atom. The van der Waals surface area contributed by atoms with Crippen LogP contribution in [-0.2, 0) is 0 Å². The molecule has 1 aromatic rings. The second-order valence-corrected chi connectivity index (χ2v) is 2.29. The fourth-order valence-electron chi connectivity index (χ4n) is 0.742. The fraction of sp³-hybridized carbons (Fsp3) is 0.429. The van der Waals surface area contributed by atoms with Gasteiger partial charge in [0.15, 0.2) is 0 Å². The minimum atomic E-state index is -0.214. The summed E-state index contributed by atoms with van der Waals surface area (Å²) in [6.07, 6.45) is 2.38. The van der Waals surface area contributed by atoms with Crippen LogP contribution in [0.2, 0.25) is 0 Å². The molecule has 0 aliphatic heterocycles. The van der Waals surface area contributed by atoms with Gasteiger partial charge in [-0.25, -0.2) is 0 Å². The molecule has 0 fully saturated rings. The van der Waals surface area contributed by atoms with E-state index in [1.54, 1.807) is 13.0 Å². The van der Waals surface area contributed by atoms with Gasteiger partial charge in [-0.2, -0.15) is 0 Å². The average molecular weight is 153 g/mol. The van der Waals surface area contributed by atoms with Crippen LogP contribution < -0.4 is 5.73 Å². The number of nitrogens with two attached hydrogens (primary N) is 1. The van der Waals surface area contributed by atoms with Gasteiger partial charge in [-0.3, -0.25) is 0 Å². The summed E-state index contributed by atoms with van der Waals surface area (Å²) < 4.78 is 5.10. The van der Waals surface area contributed by atoms with Crippen molar-refractivity contribution < 1.29 is 4.42 Å². The van der Waals surface area contributed by atoms with Crippen LogP contribution in [0.3, 0.4) is 0 Å². The van der Waals surface area contributed by atoms with Gasteiger partial charge in [-0.05, 0) is 6.42 Å². The van der Waals surface area contributed by atoms with Crippen LogP contribution in [0.15, 0.2) is 17.1 Å². The zero-order chi connectivity index (χ0) is 8.27. The third kappa shape index (κ3) is 1.88. The van der Waals surface area contributed by atoms with E-state index < -0.39 is 0 Å². The van der Waals surface area contributed by atoms with Gasteiger partial charge in [0.2, 0.25) is 11.8 Å². The molecule has 4 nitrogen and oxygen atoms in total. The van der Waals surface area contributed by atoms with E-state index in [4.69, 9.17) is 10.2 Å². The van der Waals surface area contributed by atoms with Crippen molar-refractivity contribution >= 4 is 0 Å². The summed E-state index contributed by atoms with van der Waals surface area (Å²) in [5.74, 6) is 1.02. The quantitative estimate of drug-likeness (QED) is 0.657. The Balaban J connectivity index is 2.67. The predicted molar refractivity (Wildman–Crippen MR) is 40.8 cm³/mol. The van der Waals surface area contributed by atoms with Crippen LogP contribution in [0.25, 0.3) is 0 Å². The third-order valence-electron chi connectivity index (χ3n) is 1.28. The molecule has 0 aliphatic rings. The van der Waals surface area contributed by atoms with E-state index >= 15 is 0 Å². The zero-order valence-electron chi connectivity index (χ0n) is 6.45. The SMILES string of the molecule is C=CCC(N)c1nnc(C)o1. The minimum absolute atomic E-state index is 0.214. The first-order valence-corrected chi connectivity index (χ1v) is 3.40. The van der Waals surface area contributed by atoms with Crippen LogP contribution in [0.5, 0.6) is 0 Å². The molecule has 1 heterocycles. The van der Waals surface area contributed by atoms with Crippen molar-refractivity contribution in [3.8, 4) is 0 Å². The second-order valence-electron chi connectivity index (χ2n) is 2.29. The lowest BCUT2D eigenvalue weighted by Gasteiger charge is -2.00. The van der Waals surface area contributed by atoms with E-state index in [0.717, 1.165) is 0 Å². The molecule has 1 unspecified atom stereocenters. The molecule has 4 heteroatoms. The van der Waals surface area contributed by atoms with Crippen molar-refractivity contribution in [1.82, 2.24) is 10.2 Å². The largest absolute Gasteiger partial charge is 0.424 e. The number of aromatic nitrogens is 2. The summed E-state index contributed by atoms with van der Waals surface area (Å²) in [4.78, 5) is 0. The van der Waals surface area contributed by atoms with Gasteiger partial charge in [0, 0.05) is 6.92 Å². The molecule has 11 heavy (non-hydrogen) atoms. The van der Waals surface area contributed by atoms with Gasteiger partial charge < -0.3 is 10.2 Å². The fourth-order valence-corrected chi connectivity index (χ4v) is 0.742. The molecule has 1 atom stereocenters. The Hall–Kier alpha value is -1.16. The van der Waals surface area contributed by atoms with Crippen LogP contribution in [0, 0.1) is 6.92 Å². The van der Waals surface area contributed by atoms with Crippen LogP contribution >= 0.6 is 0 Å². The summed E-state index contributed by atoms with van der Waals surface area (Å²) in [5.41, 5.74) is 5.65. The van der Waals surface area contributed by atoms with Crippen molar-refractivity contribution in [2.24, 2.45) is 5.73 Å². The van der Waals surface area contributed by atoms with Crippen molar-refractivity contribution in [2.75, 3.05) is 0 Å². The molecular formula is C7H11N3O. The second kappa shape index (κ2) is 3.30. The Labute approximate surface area is 65.1 Å². The van der Waals surface area contributed by atoms with Gasteiger partial charge in [-0.1, -0.05) is 6.08 Å². The average Bonchev–Trinajstić information content (AvgIpc) is 2.36. The Morgan fingerprint density at radius 2 is 2.45 bits per heavy atom. The van der Waals surface area contributed by atoms with E-state index in [1.165, 1.54) is 0 Å². The van der Waals surface area contributed by atoms with Gasteiger partial charge in [0.05, 0.1) is 6.04 Å². The normalized spacial score (nSPS) is 12.9. The highest BCUT2D eigenvalue weighted by Crippen LogP contribution is 2.11. The molecule has 0 bridgehead atoms. The van der Waals surface area contributed by atoms with E-state index in [1.807, 2.05) is 0 Å². The van der Waals surface area contributed by atoms with Gasteiger partial charge in [-0.15, -0.1) is 16.8 Å². The van der Waals surface area contributed by atoms with Crippen molar-refractivity contribution in [2.45, 2.75) is 19.4 Å². The Morgan fingerprint density at radius 3 is 2.91 bits per heavy atom. The molecular weight excluding hydrogens is 142 g/mol. The van der Waals surface area contributed by atoms with E-state index in [9.17, 15) is 0 Å². The summed E-state index contributed by atoms with van der Waals surface area (Å²) in [6, 6.07) is -0.214. The molecule has 2 N–H and O–H groups in total. The molecule has 1 aromatic heterocycles. The maximum atomic E-state index is 5.65. The highest BCUT2D eigenvalue weighted by atomic mass is 16.4. The lowest BCUT2D eigenvalue weighted by atomic mass is 10.2. The van der Waals surface area contributed by atoms with E-state index in [0.29, 0.717) is 18.2 Å². The number of nitrogens with zero attached hydrogens (tertiary/aromatic N) is 2. The highest BCUT2D eigenvalue weighted by Gasteiger charge is 2.10. The van der Waals surface area contributed by atoms with Gasteiger partial charge >= 0.3 is 0 Å². The molecule has 0 aromatic carbocycles. The monoisotopic (exact) mass is 153 g/mol. The number of rotatable bonds is 3. The first kappa shape index (κ1) is 7.94. The van der Waals surface area contributed by atoms with Crippen LogP contribution in [-0.4, -0.2) is 10.2 Å². The first-order chi connectivity index (χ1) is 5.24. The smallest absolute Gasteiger partial charge is 0.233 e. The van der Waals surface area contributed by atoms with Crippen molar-refractivity contribution in [1.29, 1.82) is 0 Å². The molecule has 0 aliphatic carbocycles. The summed E-state index contributed by atoms with van der Waals surface area (Å²) in [5, 5.41) is 7.43. The lowest BCUT2D eigenvalue weighted by Crippen LogP contribution is -2.09. The van der Waals surface area contributed by atoms with E-state index in [2.05, 4.69) is 16.8 Å². The maximum absolute atomic E-state index is 5.65. The highest BCUT2D eigenvalue weighted by molar-refractivity contribution is 4.90. The number of hydrogen-bond donors (Lipinski definition) is 1. The lowest BCUT2D eigenvalue weighted by molar-refractivity contribution is 0.431. The number of hydrogen-bond acceptors (Lipinski definition) is 4. The third-order valence-corrected chi connectivity index (χ3v) is 1.28. The molecule has 60 valence electrons. The molecule has 1 rings (SSSR count). The van der Waals surface area contributed by atoms with E-state index in [-0.39, 0.29) is 6.04 Å².